The molecule has 0 atom stereocenters. The van der Waals surface area contributed by atoms with E-state index in [1.165, 1.54) is 0 Å². The van der Waals surface area contributed by atoms with Gasteiger partial charge in [-0.25, -0.2) is 0 Å². The topological polar surface area (TPSA) is 47.6 Å². The normalized spacial score (nSPS) is 12.7. The molecule has 0 unspecified atom stereocenters. The zero-order chi connectivity index (χ0) is 21.9. The van der Waals surface area contributed by atoms with Crippen molar-refractivity contribution in [2.45, 2.75) is 72.3 Å². The van der Waals surface area contributed by atoms with E-state index in [0.29, 0.717) is 33.2 Å². The highest BCUT2D eigenvalue weighted by molar-refractivity contribution is 9.10. The van der Waals surface area contributed by atoms with Crippen LogP contribution in [0, 0.1) is 5.41 Å². The number of nitrogens with one attached hydrogen (secondary N) is 1. The number of amides is 1. The van der Waals surface area contributed by atoms with Gasteiger partial charge >= 0.3 is 0 Å². The number of carbonyl (C=O) groups is 1. The Kier molecular flexibility index (Phi) is 8.49. The molecule has 1 aromatic carbocycles. The third-order valence-corrected chi connectivity index (χ3v) is 6.74. The fourth-order valence-electron chi connectivity index (χ4n) is 3.28. The van der Waals surface area contributed by atoms with E-state index in [0.717, 1.165) is 12.5 Å². The Morgan fingerprint density at radius 1 is 1.18 bits per heavy atom. The predicted octanol–water partition coefficient (Wildman–Crippen LogP) is 6.77. The molecule has 0 bridgehead atoms. The molecule has 0 heterocycles. The minimum Gasteiger partial charge on any atom is -0.494 e. The Hall–Kier alpha value is -0.723. The lowest BCUT2D eigenvalue weighted by Crippen LogP contribution is -2.46. The lowest BCUT2D eigenvalue weighted by atomic mass is 9.81. The number of rotatable bonds is 8. The second-order valence-corrected chi connectivity index (χ2v) is 17.2. The van der Waals surface area contributed by atoms with Crippen LogP contribution in [-0.2, 0) is 0 Å². The average Bonchev–Trinajstić information content (AvgIpc) is 2.45. The molecular weight excluding hydrogens is 458 g/mol. The molecule has 7 heteroatoms. The van der Waals surface area contributed by atoms with Crippen molar-refractivity contribution in [1.29, 1.82) is 0 Å². The summed E-state index contributed by atoms with van der Waals surface area (Å²) < 4.78 is 12.0. The van der Waals surface area contributed by atoms with Gasteiger partial charge in [-0.1, -0.05) is 52.0 Å². The first kappa shape index (κ1) is 25.3. The largest absolute Gasteiger partial charge is 0.494 e. The van der Waals surface area contributed by atoms with Crippen LogP contribution < -0.4 is 14.8 Å². The number of ether oxygens (including phenoxy) is 2. The summed E-state index contributed by atoms with van der Waals surface area (Å²) in [4.78, 5) is 13.1. The first-order valence-corrected chi connectivity index (χ1v) is 14.5. The number of carbonyl (C=O) groups excluding carboxylic acids is 1. The Morgan fingerprint density at radius 2 is 1.75 bits per heavy atom. The van der Waals surface area contributed by atoms with Crippen molar-refractivity contribution in [1.82, 2.24) is 5.32 Å². The van der Waals surface area contributed by atoms with Crippen LogP contribution in [0.3, 0.4) is 0 Å². The molecule has 28 heavy (non-hydrogen) atoms. The van der Waals surface area contributed by atoms with Crippen LogP contribution in [0.4, 0.5) is 0 Å². The highest BCUT2D eigenvalue weighted by Gasteiger charge is 2.30. The SMILES string of the molecule is COc1c(Br)cc(C(=O)NC(C)(C)CC(C)(C)C)c(OCC[Si](C)(C)C)c1Cl. The summed E-state index contributed by atoms with van der Waals surface area (Å²) in [5, 5.41) is 3.45. The van der Waals surface area contributed by atoms with E-state index in [-0.39, 0.29) is 16.9 Å². The molecule has 0 spiro atoms. The van der Waals surface area contributed by atoms with Gasteiger partial charge in [0.15, 0.2) is 11.5 Å². The summed E-state index contributed by atoms with van der Waals surface area (Å²) in [5.74, 6) is 0.640. The van der Waals surface area contributed by atoms with Crippen molar-refractivity contribution in [2.24, 2.45) is 5.41 Å². The highest BCUT2D eigenvalue weighted by atomic mass is 79.9. The van der Waals surface area contributed by atoms with Crippen LogP contribution in [0.2, 0.25) is 30.7 Å². The van der Waals surface area contributed by atoms with Crippen molar-refractivity contribution in [3.63, 3.8) is 0 Å². The van der Waals surface area contributed by atoms with Gasteiger partial charge in [0.05, 0.1) is 23.8 Å². The van der Waals surface area contributed by atoms with Gasteiger partial charge in [0.1, 0.15) is 5.02 Å². The third kappa shape index (κ3) is 7.95. The van der Waals surface area contributed by atoms with Crippen molar-refractivity contribution in [3.05, 3.63) is 21.1 Å². The minimum atomic E-state index is -1.28. The first-order valence-electron chi connectivity index (χ1n) is 9.58. The smallest absolute Gasteiger partial charge is 0.255 e. The quantitative estimate of drug-likeness (QED) is 0.407. The molecule has 0 saturated carbocycles. The zero-order valence-corrected chi connectivity index (χ0v) is 22.0. The lowest BCUT2D eigenvalue weighted by molar-refractivity contribution is 0.0887. The van der Waals surface area contributed by atoms with Gasteiger partial charge < -0.3 is 14.8 Å². The zero-order valence-electron chi connectivity index (χ0n) is 18.7. The van der Waals surface area contributed by atoms with Gasteiger partial charge in [0, 0.05) is 13.6 Å². The van der Waals surface area contributed by atoms with Gasteiger partial charge in [-0.3, -0.25) is 4.79 Å². The van der Waals surface area contributed by atoms with Gasteiger partial charge in [0.2, 0.25) is 0 Å². The molecule has 0 aliphatic carbocycles. The van der Waals surface area contributed by atoms with Gasteiger partial charge in [0.25, 0.3) is 5.91 Å². The maximum absolute atomic E-state index is 13.1. The number of hydrogen-bond donors (Lipinski definition) is 1. The maximum Gasteiger partial charge on any atom is 0.255 e. The molecule has 1 rings (SSSR count). The lowest BCUT2D eigenvalue weighted by Gasteiger charge is -2.33. The van der Waals surface area contributed by atoms with E-state index in [4.69, 9.17) is 21.1 Å². The van der Waals surface area contributed by atoms with Crippen LogP contribution in [0.5, 0.6) is 11.5 Å². The molecule has 0 fully saturated rings. The van der Waals surface area contributed by atoms with E-state index in [1.54, 1.807) is 13.2 Å². The van der Waals surface area contributed by atoms with Crippen LogP contribution >= 0.6 is 27.5 Å². The molecule has 1 aromatic rings. The van der Waals surface area contributed by atoms with E-state index in [9.17, 15) is 4.79 Å². The van der Waals surface area contributed by atoms with Gasteiger partial charge in [-0.2, -0.15) is 0 Å². The monoisotopic (exact) mass is 491 g/mol. The van der Waals surface area contributed by atoms with Crippen molar-refractivity contribution in [3.8, 4) is 11.5 Å². The Labute approximate surface area is 184 Å². The second kappa shape index (κ2) is 9.39. The van der Waals surface area contributed by atoms with Crippen molar-refractivity contribution >= 4 is 41.5 Å². The fraction of sp³-hybridized carbons (Fsp3) is 0.667. The number of methoxy groups -OCH3 is 1. The van der Waals surface area contributed by atoms with Crippen molar-refractivity contribution in [2.75, 3.05) is 13.7 Å². The average molecular weight is 493 g/mol. The summed E-state index contributed by atoms with van der Waals surface area (Å²) in [5.41, 5.74) is 0.130. The molecule has 1 amide bonds. The molecule has 160 valence electrons. The van der Waals surface area contributed by atoms with E-state index < -0.39 is 8.07 Å². The molecule has 0 aliphatic heterocycles. The third-order valence-electron chi connectivity index (χ3n) is 4.10. The molecule has 0 aromatic heterocycles. The highest BCUT2D eigenvalue weighted by Crippen LogP contribution is 2.43. The van der Waals surface area contributed by atoms with E-state index in [1.807, 2.05) is 13.8 Å². The van der Waals surface area contributed by atoms with E-state index in [2.05, 4.69) is 61.7 Å². The minimum absolute atomic E-state index is 0.0889. The van der Waals surface area contributed by atoms with Crippen molar-refractivity contribution < 1.29 is 14.3 Å². The van der Waals surface area contributed by atoms with Crippen LogP contribution in [0.1, 0.15) is 51.4 Å². The molecule has 1 N–H and O–H groups in total. The Balaban J connectivity index is 3.23. The first-order chi connectivity index (χ1) is 12.6. The summed E-state index contributed by atoms with van der Waals surface area (Å²) >= 11 is 9.99. The second-order valence-electron chi connectivity index (χ2n) is 10.3. The van der Waals surface area contributed by atoms with Crippen LogP contribution in [0.15, 0.2) is 10.5 Å². The molecule has 0 saturated heterocycles. The molecule has 4 nitrogen and oxygen atoms in total. The van der Waals surface area contributed by atoms with Gasteiger partial charge in [-0.05, 0) is 53.7 Å². The number of halogens is 2. The summed E-state index contributed by atoms with van der Waals surface area (Å²) in [6, 6.07) is 2.69. The number of benzene rings is 1. The molecule has 0 radical (unpaired) electrons. The molecule has 0 aliphatic rings. The number of hydrogen-bond acceptors (Lipinski definition) is 3. The van der Waals surface area contributed by atoms with E-state index >= 15 is 0 Å². The Bertz CT molecular complexity index is 709. The summed E-state index contributed by atoms with van der Waals surface area (Å²) in [6.45, 7) is 17.9. The fourth-order valence-corrected chi connectivity index (χ4v) is 5.04. The predicted molar refractivity (Wildman–Crippen MR) is 125 cm³/mol. The van der Waals surface area contributed by atoms with Gasteiger partial charge in [-0.15, -0.1) is 0 Å². The standard InChI is InChI=1S/C21H35BrClNO3Si/c1-20(2,3)13-21(4,5)24-19(25)14-12-15(22)18(26-6)16(23)17(14)27-10-11-28(7,8)9/h12H,10-11,13H2,1-9H3,(H,24,25). The summed E-state index contributed by atoms with van der Waals surface area (Å²) in [6.07, 6.45) is 0.836. The Morgan fingerprint density at radius 3 is 2.21 bits per heavy atom. The summed E-state index contributed by atoms with van der Waals surface area (Å²) in [7, 11) is 0.266. The van der Waals surface area contributed by atoms with Crippen LogP contribution in [-0.4, -0.2) is 33.2 Å². The molecular formula is C21H35BrClNO3Si. The van der Waals surface area contributed by atoms with Crippen LogP contribution in [0.25, 0.3) is 0 Å². The maximum atomic E-state index is 13.1.